The van der Waals surface area contributed by atoms with Crippen LogP contribution in [0.2, 0.25) is 0 Å². The SMILES string of the molecule is COC(=O)c1ccc(S(=O)(=O)NC2CC3CCC(C2)N3)cc1. The highest BCUT2D eigenvalue weighted by molar-refractivity contribution is 7.89. The predicted molar refractivity (Wildman–Crippen MR) is 81.1 cm³/mol. The van der Waals surface area contributed by atoms with Crippen molar-refractivity contribution in [2.24, 2.45) is 0 Å². The Morgan fingerprint density at radius 2 is 1.77 bits per heavy atom. The van der Waals surface area contributed by atoms with Crippen LogP contribution in [0.4, 0.5) is 0 Å². The van der Waals surface area contributed by atoms with Gasteiger partial charge in [-0.15, -0.1) is 0 Å². The molecule has 0 aromatic heterocycles. The van der Waals surface area contributed by atoms with Crippen LogP contribution < -0.4 is 10.0 Å². The summed E-state index contributed by atoms with van der Waals surface area (Å²) in [5.74, 6) is -0.480. The summed E-state index contributed by atoms with van der Waals surface area (Å²) >= 11 is 0. The van der Waals surface area contributed by atoms with Gasteiger partial charge in [0.2, 0.25) is 10.0 Å². The third kappa shape index (κ3) is 3.16. The number of hydrogen-bond donors (Lipinski definition) is 2. The Morgan fingerprint density at radius 3 is 2.32 bits per heavy atom. The van der Waals surface area contributed by atoms with E-state index in [2.05, 4.69) is 14.8 Å². The summed E-state index contributed by atoms with van der Waals surface area (Å²) < 4.78 is 32.3. The lowest BCUT2D eigenvalue weighted by molar-refractivity contribution is 0.0600. The molecule has 2 aliphatic heterocycles. The standard InChI is InChI=1S/C15H20N2O4S/c1-21-15(18)10-2-6-14(7-3-10)22(19,20)17-13-8-11-4-5-12(9-13)16-11/h2-3,6-7,11-13,16-17H,4-5,8-9H2,1H3. The monoisotopic (exact) mass is 324 g/mol. The molecule has 2 atom stereocenters. The van der Waals surface area contributed by atoms with Gasteiger partial charge in [-0.3, -0.25) is 0 Å². The average Bonchev–Trinajstić information content (AvgIpc) is 2.85. The minimum absolute atomic E-state index is 0.0240. The molecular weight excluding hydrogens is 304 g/mol. The summed E-state index contributed by atoms with van der Waals surface area (Å²) in [5.41, 5.74) is 0.335. The van der Waals surface area contributed by atoms with Crippen molar-refractivity contribution in [2.75, 3.05) is 7.11 Å². The molecule has 2 N–H and O–H groups in total. The van der Waals surface area contributed by atoms with E-state index in [0.29, 0.717) is 17.6 Å². The molecule has 7 heteroatoms. The van der Waals surface area contributed by atoms with E-state index in [4.69, 9.17) is 0 Å². The van der Waals surface area contributed by atoms with E-state index in [1.54, 1.807) is 0 Å². The maximum Gasteiger partial charge on any atom is 0.337 e. The number of esters is 1. The van der Waals surface area contributed by atoms with Crippen LogP contribution >= 0.6 is 0 Å². The average molecular weight is 324 g/mol. The number of methoxy groups -OCH3 is 1. The largest absolute Gasteiger partial charge is 0.465 e. The lowest BCUT2D eigenvalue weighted by atomic mass is 10.0. The van der Waals surface area contributed by atoms with Gasteiger partial charge in [0.1, 0.15) is 0 Å². The van der Waals surface area contributed by atoms with Crippen molar-refractivity contribution in [3.05, 3.63) is 29.8 Å². The number of hydrogen-bond acceptors (Lipinski definition) is 5. The molecule has 0 saturated carbocycles. The van der Waals surface area contributed by atoms with Crippen LogP contribution in [0.1, 0.15) is 36.0 Å². The van der Waals surface area contributed by atoms with Crippen molar-refractivity contribution in [3.8, 4) is 0 Å². The highest BCUT2D eigenvalue weighted by Crippen LogP contribution is 2.27. The lowest BCUT2D eigenvalue weighted by Crippen LogP contribution is -2.47. The Hall–Kier alpha value is -1.44. The Balaban J connectivity index is 1.71. The fourth-order valence-electron chi connectivity index (χ4n) is 3.33. The second kappa shape index (κ2) is 5.98. The number of rotatable bonds is 4. The zero-order valence-electron chi connectivity index (χ0n) is 12.4. The number of ether oxygens (including phenoxy) is 1. The fraction of sp³-hybridized carbons (Fsp3) is 0.533. The second-order valence-electron chi connectivity index (χ2n) is 5.94. The van der Waals surface area contributed by atoms with Crippen LogP contribution in [0.5, 0.6) is 0 Å². The highest BCUT2D eigenvalue weighted by atomic mass is 32.2. The van der Waals surface area contributed by atoms with Gasteiger partial charge >= 0.3 is 5.97 Å². The number of sulfonamides is 1. The Morgan fingerprint density at radius 1 is 1.18 bits per heavy atom. The van der Waals surface area contributed by atoms with Gasteiger partial charge in [-0.05, 0) is 49.9 Å². The van der Waals surface area contributed by atoms with Gasteiger partial charge in [-0.25, -0.2) is 17.9 Å². The fourth-order valence-corrected chi connectivity index (χ4v) is 4.59. The molecule has 2 saturated heterocycles. The van der Waals surface area contributed by atoms with Crippen LogP contribution in [-0.4, -0.2) is 39.6 Å². The molecule has 0 amide bonds. The first kappa shape index (κ1) is 15.5. The van der Waals surface area contributed by atoms with E-state index in [0.717, 1.165) is 25.7 Å². The van der Waals surface area contributed by atoms with Crippen molar-refractivity contribution >= 4 is 16.0 Å². The minimum Gasteiger partial charge on any atom is -0.465 e. The first-order chi connectivity index (χ1) is 10.5. The summed E-state index contributed by atoms with van der Waals surface area (Å²) in [6.07, 6.45) is 3.90. The topological polar surface area (TPSA) is 84.5 Å². The Labute approximate surface area is 130 Å². The highest BCUT2D eigenvalue weighted by Gasteiger charge is 2.35. The minimum atomic E-state index is -3.56. The lowest BCUT2D eigenvalue weighted by Gasteiger charge is -2.29. The van der Waals surface area contributed by atoms with E-state index in [-0.39, 0.29) is 10.9 Å². The van der Waals surface area contributed by atoms with Crippen molar-refractivity contribution in [1.82, 2.24) is 10.0 Å². The van der Waals surface area contributed by atoms with Gasteiger partial charge in [0.25, 0.3) is 0 Å². The summed E-state index contributed by atoms with van der Waals surface area (Å²) in [6, 6.07) is 6.62. The molecule has 2 aliphatic rings. The zero-order valence-corrected chi connectivity index (χ0v) is 13.2. The number of fused-ring (bicyclic) bond motifs is 2. The van der Waals surface area contributed by atoms with Gasteiger partial charge in [0.15, 0.2) is 0 Å². The smallest absolute Gasteiger partial charge is 0.337 e. The number of piperidine rings is 1. The molecular formula is C15H20N2O4S. The summed E-state index contributed by atoms with van der Waals surface area (Å²) in [7, 11) is -2.27. The molecule has 3 rings (SSSR count). The van der Waals surface area contributed by atoms with Crippen molar-refractivity contribution < 1.29 is 17.9 Å². The van der Waals surface area contributed by atoms with E-state index < -0.39 is 16.0 Å². The van der Waals surface area contributed by atoms with Crippen LogP contribution in [0.15, 0.2) is 29.2 Å². The molecule has 0 radical (unpaired) electrons. The Kier molecular flexibility index (Phi) is 4.20. The molecule has 2 bridgehead atoms. The molecule has 0 aliphatic carbocycles. The molecule has 0 spiro atoms. The van der Waals surface area contributed by atoms with Crippen LogP contribution in [0, 0.1) is 0 Å². The first-order valence-corrected chi connectivity index (χ1v) is 8.93. The number of carbonyl (C=O) groups excluding carboxylic acids is 1. The van der Waals surface area contributed by atoms with E-state index in [1.807, 2.05) is 0 Å². The van der Waals surface area contributed by atoms with Crippen LogP contribution in [0.25, 0.3) is 0 Å². The Bertz CT molecular complexity index is 645. The second-order valence-corrected chi connectivity index (χ2v) is 7.66. The predicted octanol–water partition coefficient (Wildman–Crippen LogP) is 1.03. The molecule has 2 fully saturated rings. The van der Waals surface area contributed by atoms with Gasteiger partial charge in [-0.2, -0.15) is 0 Å². The third-order valence-corrected chi connectivity index (χ3v) is 5.92. The molecule has 2 heterocycles. The molecule has 1 aromatic rings. The van der Waals surface area contributed by atoms with Crippen molar-refractivity contribution in [2.45, 2.75) is 48.7 Å². The van der Waals surface area contributed by atoms with Gasteiger partial charge in [-0.1, -0.05) is 0 Å². The first-order valence-electron chi connectivity index (χ1n) is 7.44. The number of carbonyl (C=O) groups is 1. The molecule has 1 aromatic carbocycles. The molecule has 6 nitrogen and oxygen atoms in total. The van der Waals surface area contributed by atoms with Gasteiger partial charge < -0.3 is 10.1 Å². The van der Waals surface area contributed by atoms with E-state index in [1.165, 1.54) is 31.4 Å². The van der Waals surface area contributed by atoms with E-state index >= 15 is 0 Å². The normalized spacial score (nSPS) is 27.6. The third-order valence-electron chi connectivity index (χ3n) is 4.38. The van der Waals surface area contributed by atoms with Crippen molar-refractivity contribution in [3.63, 3.8) is 0 Å². The summed E-state index contributed by atoms with van der Waals surface area (Å²) in [5, 5.41) is 3.49. The van der Waals surface area contributed by atoms with Gasteiger partial charge in [0.05, 0.1) is 17.6 Å². The van der Waals surface area contributed by atoms with Crippen molar-refractivity contribution in [1.29, 1.82) is 0 Å². The molecule has 2 unspecified atom stereocenters. The molecule has 120 valence electrons. The van der Waals surface area contributed by atoms with Crippen LogP contribution in [0.3, 0.4) is 0 Å². The summed E-state index contributed by atoms with van der Waals surface area (Å²) in [6.45, 7) is 0. The quantitative estimate of drug-likeness (QED) is 0.808. The maximum absolute atomic E-state index is 12.4. The van der Waals surface area contributed by atoms with Gasteiger partial charge in [0, 0.05) is 18.1 Å². The van der Waals surface area contributed by atoms with Crippen LogP contribution in [-0.2, 0) is 14.8 Å². The number of nitrogens with one attached hydrogen (secondary N) is 2. The maximum atomic E-state index is 12.4. The molecule has 22 heavy (non-hydrogen) atoms. The summed E-state index contributed by atoms with van der Waals surface area (Å²) in [4.78, 5) is 11.5. The number of benzene rings is 1. The zero-order chi connectivity index (χ0) is 15.7. The van der Waals surface area contributed by atoms with E-state index in [9.17, 15) is 13.2 Å².